The van der Waals surface area contributed by atoms with Crippen LogP contribution in [0, 0.1) is 11.8 Å². The van der Waals surface area contributed by atoms with Crippen molar-refractivity contribution in [2.45, 2.75) is 103 Å². The minimum absolute atomic E-state index is 0.107. The number of ether oxygens (including phenoxy) is 2. The molecule has 11 rings (SSSR count). The number of aromatic nitrogens is 4. The average molecular weight is 843 g/mol. The number of hydrogen-bond acceptors (Lipinski definition) is 8. The van der Waals surface area contributed by atoms with Gasteiger partial charge in [-0.2, -0.15) is 0 Å². The number of benzene rings is 3. The molecule has 2 aliphatic heterocycles. The van der Waals surface area contributed by atoms with Crippen LogP contribution in [-0.4, -0.2) is 93.1 Å². The van der Waals surface area contributed by atoms with Gasteiger partial charge in [-0.1, -0.05) is 64.1 Å². The van der Waals surface area contributed by atoms with E-state index in [0.717, 1.165) is 90.9 Å². The van der Waals surface area contributed by atoms with Crippen LogP contribution in [0.2, 0.25) is 0 Å². The van der Waals surface area contributed by atoms with E-state index in [1.54, 1.807) is 0 Å². The van der Waals surface area contributed by atoms with Crippen LogP contribution in [0.15, 0.2) is 60.8 Å². The highest BCUT2D eigenvalue weighted by molar-refractivity contribution is 5.88. The predicted molar refractivity (Wildman–Crippen MR) is 236 cm³/mol. The standard InChI is InChI=1S/C48H58N8O6/c1-27(2)41(53-47(59)61-5)45(57)55-21-7-9-39(55)43-49-26-38(52-43)35-24-30-12-16-31-15-11-29(13-17-32(35)18-14-30)23-34(31)33-19-20-36-37(25-33)51-44(50-36)40-10-8-22-56(40)46(58)42(28(3)4)54-48(60)62-6/h11,14-15,18-20,23-28,39-42H,7-10,12-13,16-17,21-22H2,1-6H3,(H,49,52)(H,50,51)(H,53,59)(H,54,60)/t39-,40-,41?,42?/m0/s1. The molecule has 14 heteroatoms. The largest absolute Gasteiger partial charge is 0.453 e. The van der Waals surface area contributed by atoms with Crippen molar-refractivity contribution in [3.63, 3.8) is 0 Å². The molecule has 4 aliphatic carbocycles. The molecule has 4 N–H and O–H groups in total. The maximum absolute atomic E-state index is 13.8. The number of aromatic amines is 2. The van der Waals surface area contributed by atoms with E-state index in [2.05, 4.69) is 75.2 Å². The van der Waals surface area contributed by atoms with Gasteiger partial charge in [0.25, 0.3) is 0 Å². The summed E-state index contributed by atoms with van der Waals surface area (Å²) in [5, 5.41) is 5.47. The number of methoxy groups -OCH3 is 2. The third kappa shape index (κ3) is 8.64. The molecular formula is C48H58N8O6. The first-order chi connectivity index (χ1) is 29.9. The van der Waals surface area contributed by atoms with Gasteiger partial charge in [0.1, 0.15) is 23.7 Å². The number of alkyl carbamates (subject to hydrolysis) is 2. The topological polar surface area (TPSA) is 175 Å². The van der Waals surface area contributed by atoms with Gasteiger partial charge in [-0.3, -0.25) is 9.59 Å². The molecule has 0 spiro atoms. The highest BCUT2D eigenvalue weighted by Crippen LogP contribution is 2.37. The summed E-state index contributed by atoms with van der Waals surface area (Å²) >= 11 is 0. The Bertz CT molecular complexity index is 2470. The number of carbonyl (C=O) groups excluding carboxylic acids is 4. The summed E-state index contributed by atoms with van der Waals surface area (Å²) in [7, 11) is 2.60. The number of H-pyrrole nitrogens is 2. The van der Waals surface area contributed by atoms with Gasteiger partial charge < -0.3 is 39.9 Å². The lowest BCUT2D eigenvalue weighted by atomic mass is 9.88. The Labute approximate surface area is 362 Å². The Morgan fingerprint density at radius 1 is 0.677 bits per heavy atom. The summed E-state index contributed by atoms with van der Waals surface area (Å²) in [6.07, 6.45) is 7.31. The molecule has 4 atom stereocenters. The van der Waals surface area contributed by atoms with E-state index < -0.39 is 24.3 Å². The summed E-state index contributed by atoms with van der Waals surface area (Å²) in [4.78, 5) is 72.4. The Morgan fingerprint density at radius 3 is 1.79 bits per heavy atom. The van der Waals surface area contributed by atoms with E-state index in [4.69, 9.17) is 19.4 Å². The number of amides is 4. The lowest BCUT2D eigenvalue weighted by Gasteiger charge is -2.30. The normalized spacial score (nSPS) is 18.5. The second-order valence-electron chi connectivity index (χ2n) is 17.6. The zero-order valence-electron chi connectivity index (χ0n) is 36.5. The van der Waals surface area contributed by atoms with E-state index in [0.29, 0.717) is 13.1 Å². The number of aryl methyl sites for hydroxylation is 4. The minimum atomic E-state index is -0.692. The van der Waals surface area contributed by atoms with Gasteiger partial charge in [-0.25, -0.2) is 19.6 Å². The Balaban J connectivity index is 1.01. The smallest absolute Gasteiger partial charge is 0.407 e. The summed E-state index contributed by atoms with van der Waals surface area (Å²) in [5.41, 5.74) is 11.1. The van der Waals surface area contributed by atoms with Crippen molar-refractivity contribution in [2.24, 2.45) is 11.8 Å². The van der Waals surface area contributed by atoms with Gasteiger partial charge in [-0.05, 0) is 115 Å². The monoisotopic (exact) mass is 842 g/mol. The van der Waals surface area contributed by atoms with Gasteiger partial charge in [0.05, 0.1) is 49.2 Å². The quantitative estimate of drug-likeness (QED) is 0.111. The third-order valence-corrected chi connectivity index (χ3v) is 12.9. The highest BCUT2D eigenvalue weighted by atomic mass is 16.5. The lowest BCUT2D eigenvalue weighted by molar-refractivity contribution is -0.136. The second kappa shape index (κ2) is 18.0. The first-order valence-electron chi connectivity index (χ1n) is 22.0. The number of likely N-dealkylation sites (tertiary alicyclic amines) is 2. The number of imidazole rings is 2. The van der Waals surface area contributed by atoms with E-state index >= 15 is 0 Å². The molecule has 3 aromatic carbocycles. The maximum atomic E-state index is 13.8. The molecule has 62 heavy (non-hydrogen) atoms. The van der Waals surface area contributed by atoms with Crippen molar-refractivity contribution in [1.82, 2.24) is 40.4 Å². The van der Waals surface area contributed by atoms with Crippen molar-refractivity contribution in [1.29, 1.82) is 0 Å². The third-order valence-electron chi connectivity index (χ3n) is 12.9. The summed E-state index contributed by atoms with van der Waals surface area (Å²) in [6.45, 7) is 8.87. The minimum Gasteiger partial charge on any atom is -0.453 e. The average Bonchev–Trinajstić information content (AvgIpc) is 4.11. The lowest BCUT2D eigenvalue weighted by Crippen LogP contribution is -2.51. The molecule has 4 bridgehead atoms. The Hall–Kier alpha value is -6.18. The van der Waals surface area contributed by atoms with Gasteiger partial charge in [0, 0.05) is 18.7 Å². The fourth-order valence-corrected chi connectivity index (χ4v) is 9.45. The van der Waals surface area contributed by atoms with Crippen molar-refractivity contribution >= 4 is 35.0 Å². The molecule has 4 heterocycles. The first kappa shape index (κ1) is 42.5. The molecule has 6 aliphatic rings. The van der Waals surface area contributed by atoms with Crippen LogP contribution in [0.5, 0.6) is 0 Å². The Kier molecular flexibility index (Phi) is 12.4. The maximum Gasteiger partial charge on any atom is 0.407 e. The number of nitrogens with zero attached hydrogens (tertiary/aromatic N) is 4. The van der Waals surface area contributed by atoms with Gasteiger partial charge in [-0.15, -0.1) is 0 Å². The summed E-state index contributed by atoms with van der Waals surface area (Å²) in [6, 6.07) is 18.2. The molecule has 14 nitrogen and oxygen atoms in total. The number of hydrogen-bond donors (Lipinski definition) is 4. The van der Waals surface area contributed by atoms with Crippen molar-refractivity contribution < 1.29 is 28.7 Å². The summed E-state index contributed by atoms with van der Waals surface area (Å²) < 4.78 is 9.62. The SMILES string of the molecule is COC(=O)NC(C(=O)N1CCC[C@H]1c1ncc(-c2cc3ccc2CCc2ccc(c(-c4ccc5nc([C@@H]6CCCN6C(=O)C(NC(=O)OC)C(C)C)[nH]c5c4)c2)CC3)[nH]1)C(C)C. The molecule has 326 valence electrons. The number of nitrogens with one attached hydrogen (secondary N) is 4. The Morgan fingerprint density at radius 2 is 1.23 bits per heavy atom. The van der Waals surface area contributed by atoms with Crippen LogP contribution in [0.25, 0.3) is 33.4 Å². The van der Waals surface area contributed by atoms with Crippen LogP contribution in [-0.2, 0) is 44.7 Å². The molecule has 5 aromatic rings. The van der Waals surface area contributed by atoms with Crippen LogP contribution in [0.1, 0.15) is 99.4 Å². The van der Waals surface area contributed by atoms with Crippen LogP contribution in [0.3, 0.4) is 0 Å². The molecule has 2 unspecified atom stereocenters. The number of carbonyl (C=O) groups is 4. The molecule has 0 saturated carbocycles. The zero-order chi connectivity index (χ0) is 43.7. The second-order valence-corrected chi connectivity index (χ2v) is 17.6. The fourth-order valence-electron chi connectivity index (χ4n) is 9.45. The van der Waals surface area contributed by atoms with E-state index in [1.807, 2.05) is 43.7 Å². The predicted octanol–water partition coefficient (Wildman–Crippen LogP) is 7.59. The molecular weight excluding hydrogens is 785 g/mol. The van der Waals surface area contributed by atoms with Crippen LogP contribution in [0.4, 0.5) is 9.59 Å². The molecule has 2 aromatic heterocycles. The van der Waals surface area contributed by atoms with E-state index in [9.17, 15) is 19.2 Å². The van der Waals surface area contributed by atoms with Gasteiger partial charge in [0.2, 0.25) is 11.8 Å². The van der Waals surface area contributed by atoms with Crippen molar-refractivity contribution in [2.75, 3.05) is 27.3 Å². The first-order valence-corrected chi connectivity index (χ1v) is 22.0. The molecule has 4 amide bonds. The molecule has 2 fully saturated rings. The van der Waals surface area contributed by atoms with Crippen LogP contribution >= 0.6 is 0 Å². The van der Waals surface area contributed by atoms with Gasteiger partial charge >= 0.3 is 12.2 Å². The molecule has 2 saturated heterocycles. The van der Waals surface area contributed by atoms with Gasteiger partial charge in [0.15, 0.2) is 0 Å². The number of fused-ring (bicyclic) bond motifs is 1. The van der Waals surface area contributed by atoms with E-state index in [-0.39, 0.29) is 35.7 Å². The highest BCUT2D eigenvalue weighted by Gasteiger charge is 2.39. The van der Waals surface area contributed by atoms with Crippen LogP contribution < -0.4 is 10.6 Å². The van der Waals surface area contributed by atoms with E-state index in [1.165, 1.54) is 42.0 Å². The fraction of sp³-hybridized carbons (Fsp3) is 0.458. The summed E-state index contributed by atoms with van der Waals surface area (Å²) in [5.74, 6) is 1.04. The number of rotatable bonds is 10. The van der Waals surface area contributed by atoms with Crippen molar-refractivity contribution in [3.8, 4) is 22.4 Å². The molecule has 0 radical (unpaired) electrons. The zero-order valence-corrected chi connectivity index (χ0v) is 36.5. The van der Waals surface area contributed by atoms with Crippen molar-refractivity contribution in [3.05, 3.63) is 94.7 Å².